The molecule has 0 aromatic heterocycles. The van der Waals surface area contributed by atoms with Crippen LogP contribution in [-0.4, -0.2) is 34.5 Å². The lowest BCUT2D eigenvalue weighted by atomic mass is 10.1. The van der Waals surface area contributed by atoms with Crippen molar-refractivity contribution in [2.75, 3.05) is 13.2 Å². The molecule has 0 bridgehead atoms. The zero-order valence-corrected chi connectivity index (χ0v) is 10.1. The van der Waals surface area contributed by atoms with E-state index in [2.05, 4.69) is 15.9 Å². The highest BCUT2D eigenvalue weighted by molar-refractivity contribution is 9.10. The molecular weight excluding hydrogens is 296 g/mol. The number of aliphatic carboxylic acids is 1. The largest absolute Gasteiger partial charge is 0.506 e. The first-order chi connectivity index (χ1) is 8.02. The highest BCUT2D eigenvalue weighted by Crippen LogP contribution is 2.46. The fourth-order valence-electron chi connectivity index (χ4n) is 1.50. The van der Waals surface area contributed by atoms with Crippen molar-refractivity contribution in [3.8, 4) is 17.2 Å². The number of rotatable bonds is 2. The molecular formula is C10H9BrO6. The van der Waals surface area contributed by atoms with Gasteiger partial charge in [0.2, 0.25) is 0 Å². The number of halogens is 1. The Morgan fingerprint density at radius 2 is 2.06 bits per heavy atom. The Labute approximate surface area is 105 Å². The molecule has 2 rings (SSSR count). The number of carboxylic acid groups (broad SMARTS) is 1. The Kier molecular flexibility index (Phi) is 3.12. The molecule has 6 nitrogen and oxygen atoms in total. The predicted molar refractivity (Wildman–Crippen MR) is 59.4 cm³/mol. The van der Waals surface area contributed by atoms with Crippen molar-refractivity contribution in [1.82, 2.24) is 0 Å². The second-order valence-corrected chi connectivity index (χ2v) is 4.19. The van der Waals surface area contributed by atoms with Gasteiger partial charge in [-0.2, -0.15) is 0 Å². The molecule has 7 heteroatoms. The van der Waals surface area contributed by atoms with Crippen molar-refractivity contribution >= 4 is 21.9 Å². The molecule has 1 aliphatic heterocycles. The number of carbonyl (C=O) groups is 1. The average Bonchev–Trinajstić information content (AvgIpc) is 2.33. The minimum absolute atomic E-state index is 0.145. The molecule has 1 unspecified atom stereocenters. The number of fused-ring (bicyclic) bond motifs is 1. The van der Waals surface area contributed by atoms with Crippen LogP contribution in [0.1, 0.15) is 11.7 Å². The van der Waals surface area contributed by atoms with Crippen LogP contribution >= 0.6 is 15.9 Å². The van der Waals surface area contributed by atoms with Gasteiger partial charge in [0, 0.05) is 5.56 Å². The number of carboxylic acids is 1. The summed E-state index contributed by atoms with van der Waals surface area (Å²) in [6.07, 6.45) is -1.82. The van der Waals surface area contributed by atoms with E-state index in [1.807, 2.05) is 0 Å². The highest BCUT2D eigenvalue weighted by atomic mass is 79.9. The van der Waals surface area contributed by atoms with Gasteiger partial charge in [-0.3, -0.25) is 0 Å². The molecule has 0 saturated heterocycles. The summed E-state index contributed by atoms with van der Waals surface area (Å²) in [5.74, 6) is -1.24. The number of aromatic hydroxyl groups is 1. The van der Waals surface area contributed by atoms with E-state index in [-0.39, 0.29) is 21.5 Å². The summed E-state index contributed by atoms with van der Waals surface area (Å²) >= 11 is 3.08. The lowest BCUT2D eigenvalue weighted by Gasteiger charge is -2.22. The minimum atomic E-state index is -1.82. The van der Waals surface area contributed by atoms with E-state index in [0.717, 1.165) is 0 Å². The highest BCUT2D eigenvalue weighted by Gasteiger charge is 2.27. The fraction of sp³-hybridized carbons (Fsp3) is 0.300. The first-order valence-electron chi connectivity index (χ1n) is 4.74. The molecule has 0 spiro atoms. The third-order valence-corrected chi connectivity index (χ3v) is 3.04. The standard InChI is InChI=1S/C10H9BrO6/c11-6-7(12)4(8(13)10(14)15)3-5-9(6)17-2-1-16-5/h3,8,12-13H,1-2H2,(H,14,15). The quantitative estimate of drug-likeness (QED) is 0.755. The molecule has 92 valence electrons. The predicted octanol–water partition coefficient (Wildman–Crippen LogP) is 1.04. The van der Waals surface area contributed by atoms with Crippen molar-refractivity contribution in [1.29, 1.82) is 0 Å². The number of phenols is 1. The monoisotopic (exact) mass is 304 g/mol. The van der Waals surface area contributed by atoms with Crippen LogP contribution in [0.5, 0.6) is 17.2 Å². The third-order valence-electron chi connectivity index (χ3n) is 2.31. The van der Waals surface area contributed by atoms with Crippen molar-refractivity contribution in [3.05, 3.63) is 16.1 Å². The Hall–Kier alpha value is -1.47. The van der Waals surface area contributed by atoms with E-state index < -0.39 is 12.1 Å². The van der Waals surface area contributed by atoms with Gasteiger partial charge in [0.25, 0.3) is 0 Å². The smallest absolute Gasteiger partial charge is 0.337 e. The molecule has 0 amide bonds. The maximum Gasteiger partial charge on any atom is 0.337 e. The van der Waals surface area contributed by atoms with Crippen molar-refractivity contribution in [2.45, 2.75) is 6.10 Å². The van der Waals surface area contributed by atoms with E-state index in [1.165, 1.54) is 6.07 Å². The molecule has 1 aliphatic rings. The molecule has 0 saturated carbocycles. The molecule has 1 aromatic rings. The van der Waals surface area contributed by atoms with Gasteiger partial charge < -0.3 is 24.8 Å². The number of aliphatic hydroxyl groups excluding tert-OH is 1. The summed E-state index contributed by atoms with van der Waals surface area (Å²) in [6.45, 7) is 0.665. The molecule has 0 aliphatic carbocycles. The van der Waals surface area contributed by atoms with E-state index in [4.69, 9.17) is 14.6 Å². The number of hydrogen-bond acceptors (Lipinski definition) is 5. The molecule has 0 fully saturated rings. The van der Waals surface area contributed by atoms with Gasteiger partial charge in [-0.05, 0) is 22.0 Å². The van der Waals surface area contributed by atoms with Crippen LogP contribution in [-0.2, 0) is 4.79 Å². The summed E-state index contributed by atoms with van der Waals surface area (Å²) in [6, 6.07) is 1.26. The Balaban J connectivity index is 2.55. The minimum Gasteiger partial charge on any atom is -0.506 e. The van der Waals surface area contributed by atoms with Crippen LogP contribution in [0.3, 0.4) is 0 Å². The van der Waals surface area contributed by atoms with Gasteiger partial charge in [-0.1, -0.05) is 0 Å². The SMILES string of the molecule is O=C(O)C(O)c1cc2c(c(Br)c1O)OCCO2. The fourth-order valence-corrected chi connectivity index (χ4v) is 2.03. The van der Waals surface area contributed by atoms with Crippen LogP contribution in [0.15, 0.2) is 10.5 Å². The lowest BCUT2D eigenvalue weighted by molar-refractivity contribution is -0.147. The second-order valence-electron chi connectivity index (χ2n) is 3.39. The number of phenolic OH excluding ortho intramolecular Hbond substituents is 1. The molecule has 17 heavy (non-hydrogen) atoms. The van der Waals surface area contributed by atoms with E-state index in [9.17, 15) is 15.0 Å². The van der Waals surface area contributed by atoms with Crippen molar-refractivity contribution in [2.24, 2.45) is 0 Å². The summed E-state index contributed by atoms with van der Waals surface area (Å²) in [5, 5.41) is 27.9. The zero-order valence-electron chi connectivity index (χ0n) is 8.51. The molecule has 1 atom stereocenters. The van der Waals surface area contributed by atoms with Crippen LogP contribution in [0.2, 0.25) is 0 Å². The number of hydrogen-bond donors (Lipinski definition) is 3. The lowest BCUT2D eigenvalue weighted by Crippen LogP contribution is -2.17. The van der Waals surface area contributed by atoms with Crippen LogP contribution in [0, 0.1) is 0 Å². The van der Waals surface area contributed by atoms with Gasteiger partial charge in [0.1, 0.15) is 23.4 Å². The van der Waals surface area contributed by atoms with Gasteiger partial charge in [0.15, 0.2) is 17.6 Å². The van der Waals surface area contributed by atoms with E-state index >= 15 is 0 Å². The molecule has 1 heterocycles. The first kappa shape index (κ1) is 12.0. The molecule has 1 aromatic carbocycles. The van der Waals surface area contributed by atoms with Crippen LogP contribution < -0.4 is 9.47 Å². The Morgan fingerprint density at radius 3 is 2.71 bits per heavy atom. The molecule has 3 N–H and O–H groups in total. The number of ether oxygens (including phenoxy) is 2. The third kappa shape index (κ3) is 2.03. The summed E-state index contributed by atoms with van der Waals surface area (Å²) in [5.41, 5.74) is -0.145. The van der Waals surface area contributed by atoms with Gasteiger partial charge in [-0.25, -0.2) is 4.79 Å². The van der Waals surface area contributed by atoms with E-state index in [1.54, 1.807) is 0 Å². The maximum atomic E-state index is 10.7. The van der Waals surface area contributed by atoms with Crippen molar-refractivity contribution in [3.63, 3.8) is 0 Å². The normalized spacial score (nSPS) is 15.4. The maximum absolute atomic E-state index is 10.7. The Bertz CT molecular complexity index is 472. The number of aliphatic hydroxyl groups is 1. The second kappa shape index (κ2) is 4.42. The van der Waals surface area contributed by atoms with Gasteiger partial charge in [0.05, 0.1) is 0 Å². The van der Waals surface area contributed by atoms with Gasteiger partial charge in [-0.15, -0.1) is 0 Å². The number of benzene rings is 1. The van der Waals surface area contributed by atoms with Crippen LogP contribution in [0.25, 0.3) is 0 Å². The zero-order chi connectivity index (χ0) is 12.6. The topological polar surface area (TPSA) is 96.2 Å². The summed E-state index contributed by atoms with van der Waals surface area (Å²) in [7, 11) is 0. The molecule has 0 radical (unpaired) electrons. The summed E-state index contributed by atoms with van der Waals surface area (Å²) < 4.78 is 10.7. The Morgan fingerprint density at radius 1 is 1.41 bits per heavy atom. The van der Waals surface area contributed by atoms with Crippen LogP contribution in [0.4, 0.5) is 0 Å². The van der Waals surface area contributed by atoms with Crippen molar-refractivity contribution < 1.29 is 29.6 Å². The van der Waals surface area contributed by atoms with E-state index in [0.29, 0.717) is 19.0 Å². The summed E-state index contributed by atoms with van der Waals surface area (Å²) in [4.78, 5) is 10.7. The van der Waals surface area contributed by atoms with Gasteiger partial charge >= 0.3 is 5.97 Å². The first-order valence-corrected chi connectivity index (χ1v) is 5.53. The average molecular weight is 305 g/mol.